The smallest absolute Gasteiger partial charge is 0.220 e. The van der Waals surface area contributed by atoms with E-state index in [1.54, 1.807) is 14.2 Å². The first-order valence-corrected chi connectivity index (χ1v) is 7.91. The molecule has 1 fully saturated rings. The lowest BCUT2D eigenvalue weighted by molar-refractivity contribution is -0.121. The first kappa shape index (κ1) is 16.6. The average molecular weight is 306 g/mol. The van der Waals surface area contributed by atoms with Gasteiger partial charge >= 0.3 is 0 Å². The maximum Gasteiger partial charge on any atom is 0.220 e. The molecule has 0 saturated carbocycles. The van der Waals surface area contributed by atoms with Gasteiger partial charge in [-0.25, -0.2) is 0 Å². The second-order valence-electron chi connectivity index (χ2n) is 5.71. The number of rotatable bonds is 8. The Morgan fingerprint density at radius 1 is 1.32 bits per heavy atom. The molecule has 0 aliphatic carbocycles. The molecule has 0 bridgehead atoms. The lowest BCUT2D eigenvalue weighted by Crippen LogP contribution is -2.25. The van der Waals surface area contributed by atoms with Gasteiger partial charge in [-0.3, -0.25) is 4.79 Å². The minimum Gasteiger partial charge on any atom is -0.497 e. The van der Waals surface area contributed by atoms with E-state index in [0.29, 0.717) is 18.9 Å². The van der Waals surface area contributed by atoms with Crippen molar-refractivity contribution in [2.45, 2.75) is 19.3 Å². The van der Waals surface area contributed by atoms with Crippen LogP contribution in [0.2, 0.25) is 0 Å². The number of hydrogen-bond donors (Lipinski definition) is 1. The number of methoxy groups -OCH3 is 1. The Labute approximate surface area is 132 Å². The maximum absolute atomic E-state index is 11.4. The van der Waals surface area contributed by atoms with Crippen LogP contribution in [0.3, 0.4) is 0 Å². The molecule has 0 radical (unpaired) electrons. The highest BCUT2D eigenvalue weighted by Gasteiger charge is 2.23. The molecule has 5 heteroatoms. The number of benzene rings is 1. The molecular weight excluding hydrogens is 280 g/mol. The van der Waals surface area contributed by atoms with E-state index in [1.807, 2.05) is 24.3 Å². The molecule has 1 aliphatic heterocycles. The van der Waals surface area contributed by atoms with Gasteiger partial charge in [0.1, 0.15) is 11.5 Å². The summed E-state index contributed by atoms with van der Waals surface area (Å²) < 4.78 is 10.8. The summed E-state index contributed by atoms with van der Waals surface area (Å²) in [5.74, 6) is 2.36. The molecule has 1 atom stereocenters. The minimum atomic E-state index is 0.148. The van der Waals surface area contributed by atoms with Crippen molar-refractivity contribution in [3.05, 3.63) is 24.3 Å². The molecule has 1 amide bonds. The lowest BCUT2D eigenvalue weighted by atomic mass is 10.1. The van der Waals surface area contributed by atoms with E-state index < -0.39 is 0 Å². The third-order valence-electron chi connectivity index (χ3n) is 4.07. The van der Waals surface area contributed by atoms with Gasteiger partial charge < -0.3 is 19.7 Å². The zero-order valence-corrected chi connectivity index (χ0v) is 13.5. The number of carbonyl (C=O) groups excluding carboxylic acids is 1. The topological polar surface area (TPSA) is 50.8 Å². The monoisotopic (exact) mass is 306 g/mol. The largest absolute Gasteiger partial charge is 0.497 e. The van der Waals surface area contributed by atoms with E-state index in [-0.39, 0.29) is 5.91 Å². The van der Waals surface area contributed by atoms with Crippen LogP contribution in [0.15, 0.2) is 24.3 Å². The number of amides is 1. The molecule has 1 N–H and O–H groups in total. The molecule has 1 aromatic carbocycles. The van der Waals surface area contributed by atoms with E-state index in [2.05, 4.69) is 10.2 Å². The highest BCUT2D eigenvalue weighted by Crippen LogP contribution is 2.20. The van der Waals surface area contributed by atoms with Crippen molar-refractivity contribution in [2.24, 2.45) is 5.92 Å². The summed E-state index contributed by atoms with van der Waals surface area (Å²) in [4.78, 5) is 13.8. The molecule has 1 aliphatic rings. The number of carbonyl (C=O) groups is 1. The van der Waals surface area contributed by atoms with E-state index in [4.69, 9.17) is 9.47 Å². The van der Waals surface area contributed by atoms with Gasteiger partial charge in [0.25, 0.3) is 0 Å². The van der Waals surface area contributed by atoms with Crippen LogP contribution in [0.1, 0.15) is 19.3 Å². The van der Waals surface area contributed by atoms with Crippen molar-refractivity contribution in [3.8, 4) is 11.5 Å². The highest BCUT2D eigenvalue weighted by atomic mass is 16.5. The summed E-state index contributed by atoms with van der Waals surface area (Å²) in [6.45, 7) is 3.85. The molecule has 22 heavy (non-hydrogen) atoms. The van der Waals surface area contributed by atoms with Gasteiger partial charge in [-0.15, -0.1) is 0 Å². The van der Waals surface area contributed by atoms with Crippen molar-refractivity contribution in [3.63, 3.8) is 0 Å². The first-order valence-electron chi connectivity index (χ1n) is 7.91. The molecule has 1 unspecified atom stereocenters. The van der Waals surface area contributed by atoms with Crippen molar-refractivity contribution >= 4 is 5.91 Å². The molecule has 1 saturated heterocycles. The van der Waals surface area contributed by atoms with Gasteiger partial charge in [0.2, 0.25) is 5.91 Å². The third kappa shape index (κ3) is 5.22. The van der Waals surface area contributed by atoms with Gasteiger partial charge in [0.05, 0.1) is 13.7 Å². The summed E-state index contributed by atoms with van der Waals surface area (Å²) >= 11 is 0. The van der Waals surface area contributed by atoms with Crippen LogP contribution in [-0.2, 0) is 4.79 Å². The summed E-state index contributed by atoms with van der Waals surface area (Å²) in [7, 11) is 3.36. The minimum absolute atomic E-state index is 0.148. The van der Waals surface area contributed by atoms with Crippen molar-refractivity contribution in [1.82, 2.24) is 10.2 Å². The highest BCUT2D eigenvalue weighted by molar-refractivity contribution is 5.75. The van der Waals surface area contributed by atoms with Crippen LogP contribution in [0.5, 0.6) is 11.5 Å². The molecular formula is C17H26N2O3. The van der Waals surface area contributed by atoms with Gasteiger partial charge in [0, 0.05) is 26.6 Å². The Balaban J connectivity index is 1.60. The normalized spacial score (nSPS) is 18.2. The number of hydrogen-bond acceptors (Lipinski definition) is 4. The summed E-state index contributed by atoms with van der Waals surface area (Å²) in [5.41, 5.74) is 0. The van der Waals surface area contributed by atoms with Crippen molar-refractivity contribution in [1.29, 1.82) is 0 Å². The van der Waals surface area contributed by atoms with Crippen LogP contribution in [-0.4, -0.2) is 51.2 Å². The van der Waals surface area contributed by atoms with Crippen LogP contribution >= 0.6 is 0 Å². The molecule has 2 rings (SSSR count). The summed E-state index contributed by atoms with van der Waals surface area (Å²) in [5, 5.41) is 2.70. The van der Waals surface area contributed by atoms with Gasteiger partial charge in [0.15, 0.2) is 0 Å². The Morgan fingerprint density at radius 3 is 2.73 bits per heavy atom. The second kappa shape index (κ2) is 8.63. The van der Waals surface area contributed by atoms with Gasteiger partial charge in [-0.1, -0.05) is 0 Å². The summed E-state index contributed by atoms with van der Waals surface area (Å²) in [6, 6.07) is 7.65. The van der Waals surface area contributed by atoms with Crippen LogP contribution in [0, 0.1) is 5.92 Å². The first-order chi connectivity index (χ1) is 10.7. The zero-order chi connectivity index (χ0) is 15.8. The molecule has 5 nitrogen and oxygen atoms in total. The van der Waals surface area contributed by atoms with Crippen LogP contribution in [0.4, 0.5) is 0 Å². The van der Waals surface area contributed by atoms with Crippen molar-refractivity contribution in [2.75, 3.05) is 40.4 Å². The zero-order valence-electron chi connectivity index (χ0n) is 13.5. The Hall–Kier alpha value is -1.75. The van der Waals surface area contributed by atoms with E-state index in [1.165, 1.54) is 0 Å². The molecule has 0 aromatic heterocycles. The molecule has 0 spiro atoms. The Kier molecular flexibility index (Phi) is 6.52. The average Bonchev–Trinajstić information content (AvgIpc) is 2.99. The third-order valence-corrected chi connectivity index (χ3v) is 4.07. The number of nitrogens with zero attached hydrogens (tertiary/aromatic N) is 1. The van der Waals surface area contributed by atoms with E-state index in [9.17, 15) is 4.79 Å². The Morgan fingerprint density at radius 2 is 2.05 bits per heavy atom. The lowest BCUT2D eigenvalue weighted by Gasteiger charge is -2.16. The number of ether oxygens (including phenoxy) is 2. The number of likely N-dealkylation sites (tertiary alicyclic amines) is 1. The Bertz CT molecular complexity index is 461. The molecule has 122 valence electrons. The van der Waals surface area contributed by atoms with Gasteiger partial charge in [-0.05, 0) is 49.6 Å². The van der Waals surface area contributed by atoms with Crippen LogP contribution in [0.25, 0.3) is 0 Å². The second-order valence-corrected chi connectivity index (χ2v) is 5.71. The van der Waals surface area contributed by atoms with Gasteiger partial charge in [-0.2, -0.15) is 0 Å². The predicted molar refractivity (Wildman–Crippen MR) is 86.3 cm³/mol. The number of nitrogens with one attached hydrogen (secondary N) is 1. The predicted octanol–water partition coefficient (Wildman–Crippen LogP) is 1.92. The maximum atomic E-state index is 11.4. The fourth-order valence-corrected chi connectivity index (χ4v) is 2.80. The fourth-order valence-electron chi connectivity index (χ4n) is 2.80. The van der Waals surface area contributed by atoms with E-state index in [0.717, 1.165) is 44.0 Å². The SMILES string of the molecule is CNC(=O)CC1CCN(CCCOc2ccc(OC)cc2)C1. The quantitative estimate of drug-likeness (QED) is 0.746. The molecule has 1 heterocycles. The van der Waals surface area contributed by atoms with Crippen LogP contribution < -0.4 is 14.8 Å². The molecule has 1 aromatic rings. The summed E-state index contributed by atoms with van der Waals surface area (Å²) in [6.07, 6.45) is 2.76. The van der Waals surface area contributed by atoms with Crippen molar-refractivity contribution < 1.29 is 14.3 Å². The fraction of sp³-hybridized carbons (Fsp3) is 0.588. The van der Waals surface area contributed by atoms with E-state index >= 15 is 0 Å². The standard InChI is InChI=1S/C17H26N2O3/c1-18-17(20)12-14-8-10-19(13-14)9-3-11-22-16-6-4-15(21-2)5-7-16/h4-7,14H,3,8-13H2,1-2H3,(H,18,20).